The predicted octanol–water partition coefficient (Wildman–Crippen LogP) is 6.01. The molecule has 0 bridgehead atoms. The van der Waals surface area contributed by atoms with Crippen molar-refractivity contribution >= 4 is 39.2 Å². The van der Waals surface area contributed by atoms with Crippen molar-refractivity contribution in [3.63, 3.8) is 0 Å². The zero-order chi connectivity index (χ0) is 22.9. The fraction of sp³-hybridized carbons (Fsp3) is 0.217. The first-order valence-corrected chi connectivity index (χ1v) is 10.7. The maximum absolute atomic E-state index is 14.6. The van der Waals surface area contributed by atoms with Crippen LogP contribution in [0.5, 0.6) is 0 Å². The molecular weight excluding hydrogens is 477 g/mol. The molecule has 0 spiro atoms. The average molecular weight is 498 g/mol. The van der Waals surface area contributed by atoms with Crippen molar-refractivity contribution in [2.75, 3.05) is 11.5 Å². The zero-order valence-electron chi connectivity index (χ0n) is 17.8. The van der Waals surface area contributed by atoms with Crippen LogP contribution in [0.4, 0.5) is 20.7 Å². The molecule has 9 heteroatoms. The maximum atomic E-state index is 14.6. The van der Waals surface area contributed by atoms with E-state index in [4.69, 9.17) is 4.74 Å². The molecule has 0 aliphatic carbocycles. The first kappa shape index (κ1) is 21.9. The number of benzene rings is 1. The third-order valence-corrected chi connectivity index (χ3v) is 5.08. The van der Waals surface area contributed by atoms with Crippen LogP contribution < -0.4 is 4.90 Å². The molecule has 0 radical (unpaired) electrons. The molecule has 164 valence electrons. The Morgan fingerprint density at radius 3 is 2.59 bits per heavy atom. The van der Waals surface area contributed by atoms with Crippen molar-refractivity contribution in [1.82, 2.24) is 19.6 Å². The second-order valence-corrected chi connectivity index (χ2v) is 9.22. The summed E-state index contributed by atoms with van der Waals surface area (Å²) < 4.78 is 22.3. The van der Waals surface area contributed by atoms with Gasteiger partial charge in [0, 0.05) is 24.0 Å². The van der Waals surface area contributed by atoms with Gasteiger partial charge in [0.05, 0.1) is 28.7 Å². The van der Waals surface area contributed by atoms with Gasteiger partial charge in [0.1, 0.15) is 11.6 Å². The minimum Gasteiger partial charge on any atom is -0.448 e. The van der Waals surface area contributed by atoms with Crippen molar-refractivity contribution < 1.29 is 13.9 Å². The molecule has 0 saturated heterocycles. The van der Waals surface area contributed by atoms with Gasteiger partial charge in [0.25, 0.3) is 0 Å². The number of nitrogens with zero attached hydrogens (tertiary/aromatic N) is 5. The van der Waals surface area contributed by atoms with Crippen molar-refractivity contribution in [2.45, 2.75) is 20.8 Å². The molecule has 4 rings (SSSR count). The summed E-state index contributed by atoms with van der Waals surface area (Å²) in [6.45, 7) is 6.14. The number of amides is 1. The van der Waals surface area contributed by atoms with E-state index in [1.165, 1.54) is 15.5 Å². The molecule has 0 aliphatic heterocycles. The van der Waals surface area contributed by atoms with Gasteiger partial charge in [-0.05, 0) is 45.6 Å². The molecule has 3 heterocycles. The van der Waals surface area contributed by atoms with Gasteiger partial charge in [0.15, 0.2) is 5.65 Å². The Morgan fingerprint density at radius 2 is 1.91 bits per heavy atom. The lowest BCUT2D eigenvalue weighted by Gasteiger charge is -2.25. The molecule has 4 aromatic rings. The van der Waals surface area contributed by atoms with Crippen LogP contribution in [0.25, 0.3) is 16.9 Å². The van der Waals surface area contributed by atoms with Gasteiger partial charge < -0.3 is 4.74 Å². The van der Waals surface area contributed by atoms with Gasteiger partial charge in [-0.25, -0.2) is 19.1 Å². The maximum Gasteiger partial charge on any atom is 0.420 e. The molecule has 0 N–H and O–H groups in total. The van der Waals surface area contributed by atoms with Crippen LogP contribution >= 0.6 is 15.9 Å². The van der Waals surface area contributed by atoms with E-state index in [-0.39, 0.29) is 12.0 Å². The largest absolute Gasteiger partial charge is 0.448 e. The summed E-state index contributed by atoms with van der Waals surface area (Å²) in [6, 6.07) is 11.3. The lowest BCUT2D eigenvalue weighted by Crippen LogP contribution is -2.31. The normalized spacial score (nSPS) is 11.5. The van der Waals surface area contributed by atoms with Gasteiger partial charge in [-0.1, -0.05) is 32.9 Å². The van der Waals surface area contributed by atoms with Crippen LogP contribution in [0.1, 0.15) is 20.8 Å². The molecule has 7 nitrogen and oxygen atoms in total. The van der Waals surface area contributed by atoms with E-state index < -0.39 is 11.9 Å². The van der Waals surface area contributed by atoms with Gasteiger partial charge in [-0.3, -0.25) is 4.98 Å². The van der Waals surface area contributed by atoms with Crippen molar-refractivity contribution in [3.8, 4) is 11.3 Å². The number of hydrogen-bond donors (Lipinski definition) is 0. The Bertz CT molecular complexity index is 1270. The number of ether oxygens (including phenoxy) is 1. The lowest BCUT2D eigenvalue weighted by atomic mass is 9.99. The number of halogens is 2. The predicted molar refractivity (Wildman–Crippen MR) is 123 cm³/mol. The molecule has 0 saturated carbocycles. The Hall–Kier alpha value is -3.33. The fourth-order valence-electron chi connectivity index (χ4n) is 3.05. The van der Waals surface area contributed by atoms with E-state index in [2.05, 4.69) is 31.0 Å². The SMILES string of the molecule is CC(C)(C)COC(=O)N(c1ccncc1)c1cc(-c2ccccc2F)nc2c(Br)cnn12. The highest BCUT2D eigenvalue weighted by atomic mass is 79.9. The highest BCUT2D eigenvalue weighted by molar-refractivity contribution is 9.10. The molecule has 0 unspecified atom stereocenters. The van der Waals surface area contributed by atoms with Crippen LogP contribution in [-0.4, -0.2) is 32.3 Å². The monoisotopic (exact) mass is 497 g/mol. The second kappa shape index (κ2) is 8.66. The molecule has 1 aromatic carbocycles. The quantitative estimate of drug-likeness (QED) is 0.345. The third kappa shape index (κ3) is 4.47. The van der Waals surface area contributed by atoms with E-state index >= 15 is 0 Å². The fourth-order valence-corrected chi connectivity index (χ4v) is 3.40. The number of pyridine rings is 1. The van der Waals surface area contributed by atoms with E-state index in [1.54, 1.807) is 55.0 Å². The Labute approximate surface area is 193 Å². The van der Waals surface area contributed by atoms with Gasteiger partial charge in [-0.15, -0.1) is 0 Å². The number of carbonyl (C=O) groups excluding carboxylic acids is 1. The summed E-state index contributed by atoms with van der Waals surface area (Å²) in [5, 5.41) is 4.36. The average Bonchev–Trinajstić information content (AvgIpc) is 3.14. The molecule has 0 atom stereocenters. The van der Waals surface area contributed by atoms with Crippen molar-refractivity contribution in [2.24, 2.45) is 5.41 Å². The number of carbonyl (C=O) groups is 1. The van der Waals surface area contributed by atoms with Crippen LogP contribution in [0.3, 0.4) is 0 Å². The molecular formula is C23H21BrFN5O2. The summed E-state index contributed by atoms with van der Waals surface area (Å²) in [7, 11) is 0. The smallest absolute Gasteiger partial charge is 0.420 e. The van der Waals surface area contributed by atoms with Gasteiger partial charge in [0.2, 0.25) is 0 Å². The van der Waals surface area contributed by atoms with Crippen LogP contribution in [-0.2, 0) is 4.74 Å². The third-order valence-electron chi connectivity index (χ3n) is 4.52. The summed E-state index contributed by atoms with van der Waals surface area (Å²) >= 11 is 3.44. The Kier molecular flexibility index (Phi) is 5.92. The van der Waals surface area contributed by atoms with Crippen LogP contribution in [0, 0.1) is 11.2 Å². The van der Waals surface area contributed by atoms with Crippen molar-refractivity contribution in [3.05, 3.63) is 71.3 Å². The minimum absolute atomic E-state index is 0.213. The van der Waals surface area contributed by atoms with Crippen molar-refractivity contribution in [1.29, 1.82) is 0 Å². The van der Waals surface area contributed by atoms with E-state index in [0.717, 1.165) is 0 Å². The molecule has 3 aromatic heterocycles. The van der Waals surface area contributed by atoms with E-state index in [9.17, 15) is 9.18 Å². The molecule has 0 fully saturated rings. The summed E-state index contributed by atoms with van der Waals surface area (Å²) in [5.74, 6) is -0.0687. The van der Waals surface area contributed by atoms with Gasteiger partial charge in [-0.2, -0.15) is 9.61 Å². The summed E-state index contributed by atoms with van der Waals surface area (Å²) in [6.07, 6.45) is 4.13. The Morgan fingerprint density at radius 1 is 1.19 bits per heavy atom. The standard InChI is InChI=1S/C23H21BrFN5O2/c1-23(2,3)14-32-22(31)29(15-8-10-26-11-9-15)20-12-19(16-6-4-5-7-18(16)25)28-21-17(24)13-27-30(20)21/h4-13H,14H2,1-3H3. The van der Waals surface area contributed by atoms with Gasteiger partial charge >= 0.3 is 6.09 Å². The second-order valence-electron chi connectivity index (χ2n) is 8.36. The topological polar surface area (TPSA) is 72.6 Å². The van der Waals surface area contributed by atoms with Crippen LogP contribution in [0.15, 0.2) is 65.5 Å². The minimum atomic E-state index is -0.593. The van der Waals surface area contributed by atoms with E-state index in [1.807, 2.05) is 20.8 Å². The van der Waals surface area contributed by atoms with E-state index in [0.29, 0.717) is 32.9 Å². The number of hydrogen-bond acceptors (Lipinski definition) is 5. The summed E-state index contributed by atoms with van der Waals surface area (Å²) in [5.41, 5.74) is 1.40. The Balaban J connectivity index is 1.92. The number of aromatic nitrogens is 4. The molecule has 1 amide bonds. The molecule has 32 heavy (non-hydrogen) atoms. The number of rotatable bonds is 4. The number of anilines is 2. The zero-order valence-corrected chi connectivity index (χ0v) is 19.4. The molecule has 0 aliphatic rings. The first-order valence-electron chi connectivity index (χ1n) is 9.91. The highest BCUT2D eigenvalue weighted by Crippen LogP contribution is 2.33. The lowest BCUT2D eigenvalue weighted by molar-refractivity contribution is 0.114. The first-order chi connectivity index (χ1) is 15.2. The van der Waals surface area contributed by atoms with Crippen LogP contribution in [0.2, 0.25) is 0 Å². The number of fused-ring (bicyclic) bond motifs is 1. The highest BCUT2D eigenvalue weighted by Gasteiger charge is 2.26. The summed E-state index contributed by atoms with van der Waals surface area (Å²) in [4.78, 5) is 23.3.